The van der Waals surface area contributed by atoms with Gasteiger partial charge in [-0.3, -0.25) is 4.79 Å². The lowest BCUT2D eigenvalue weighted by molar-refractivity contribution is -0.121. The normalized spacial score (nSPS) is 12.5. The van der Waals surface area contributed by atoms with E-state index in [-0.39, 0.29) is 11.3 Å². The van der Waals surface area contributed by atoms with Crippen molar-refractivity contribution in [3.05, 3.63) is 0 Å². The molecule has 0 aromatic carbocycles. The summed E-state index contributed by atoms with van der Waals surface area (Å²) in [6, 6.07) is 0. The van der Waals surface area contributed by atoms with E-state index in [0.29, 0.717) is 11.8 Å². The Morgan fingerprint density at radius 2 is 1.63 bits per heavy atom. The summed E-state index contributed by atoms with van der Waals surface area (Å²) in [4.78, 5) is 11.8. The van der Waals surface area contributed by atoms with E-state index in [4.69, 9.17) is 0 Å². The lowest BCUT2D eigenvalue weighted by Gasteiger charge is -2.32. The second-order valence-electron chi connectivity index (χ2n) is 7.07. The Morgan fingerprint density at radius 1 is 1.05 bits per heavy atom. The molecule has 0 spiro atoms. The van der Waals surface area contributed by atoms with Gasteiger partial charge in [0.1, 0.15) is 0 Å². The van der Waals surface area contributed by atoms with E-state index in [1.165, 1.54) is 12.2 Å². The summed E-state index contributed by atoms with van der Waals surface area (Å²) in [7, 11) is 3.67. The SMILES string of the molecule is CCCSSCCC(=O)NCC(C)(C)CC(C)(C)C. The van der Waals surface area contributed by atoms with Gasteiger partial charge in [0, 0.05) is 24.5 Å². The third-order valence-electron chi connectivity index (χ3n) is 2.56. The Balaban J connectivity index is 3.77. The minimum absolute atomic E-state index is 0.165. The molecule has 0 aromatic heterocycles. The van der Waals surface area contributed by atoms with Crippen LogP contribution >= 0.6 is 21.6 Å². The van der Waals surface area contributed by atoms with Crippen molar-refractivity contribution >= 4 is 27.5 Å². The first kappa shape index (κ1) is 19.2. The van der Waals surface area contributed by atoms with E-state index in [2.05, 4.69) is 46.9 Å². The molecule has 19 heavy (non-hydrogen) atoms. The van der Waals surface area contributed by atoms with E-state index >= 15 is 0 Å². The highest BCUT2D eigenvalue weighted by Crippen LogP contribution is 2.32. The van der Waals surface area contributed by atoms with Crippen molar-refractivity contribution in [2.24, 2.45) is 10.8 Å². The summed E-state index contributed by atoms with van der Waals surface area (Å²) in [5.74, 6) is 2.27. The molecule has 0 aliphatic rings. The van der Waals surface area contributed by atoms with E-state index in [0.717, 1.165) is 18.7 Å². The van der Waals surface area contributed by atoms with Gasteiger partial charge < -0.3 is 5.32 Å². The summed E-state index contributed by atoms with van der Waals surface area (Å²) in [5.41, 5.74) is 0.471. The highest BCUT2D eigenvalue weighted by Gasteiger charge is 2.25. The Hall–Kier alpha value is 0.170. The van der Waals surface area contributed by atoms with Gasteiger partial charge in [0.2, 0.25) is 5.91 Å². The summed E-state index contributed by atoms with van der Waals surface area (Å²) >= 11 is 0. The molecule has 0 saturated heterocycles. The van der Waals surface area contributed by atoms with Gasteiger partial charge in [-0.1, -0.05) is 63.1 Å². The van der Waals surface area contributed by atoms with Crippen LogP contribution in [-0.2, 0) is 4.79 Å². The highest BCUT2D eigenvalue weighted by molar-refractivity contribution is 8.76. The topological polar surface area (TPSA) is 29.1 Å². The first-order chi connectivity index (χ1) is 8.66. The summed E-state index contributed by atoms with van der Waals surface area (Å²) < 4.78 is 0. The molecule has 0 fully saturated rings. The molecule has 4 heteroatoms. The Bertz CT molecular complexity index is 259. The van der Waals surface area contributed by atoms with Crippen molar-refractivity contribution in [2.75, 3.05) is 18.1 Å². The summed E-state index contributed by atoms with van der Waals surface area (Å²) in [6.45, 7) is 14.1. The van der Waals surface area contributed by atoms with Gasteiger partial charge in [-0.15, -0.1) is 0 Å². The van der Waals surface area contributed by atoms with Crippen LogP contribution in [0.5, 0.6) is 0 Å². The highest BCUT2D eigenvalue weighted by atomic mass is 33.1. The van der Waals surface area contributed by atoms with Crippen LogP contribution in [0.3, 0.4) is 0 Å². The lowest BCUT2D eigenvalue weighted by Crippen LogP contribution is -2.36. The van der Waals surface area contributed by atoms with Gasteiger partial charge in [-0.2, -0.15) is 0 Å². The van der Waals surface area contributed by atoms with Crippen LogP contribution in [0.4, 0.5) is 0 Å². The molecule has 0 aromatic rings. The fourth-order valence-corrected chi connectivity index (χ4v) is 4.39. The molecular weight excluding hydrogens is 274 g/mol. The maximum absolute atomic E-state index is 11.8. The van der Waals surface area contributed by atoms with Crippen LogP contribution in [0.15, 0.2) is 0 Å². The van der Waals surface area contributed by atoms with Crippen molar-refractivity contribution in [3.63, 3.8) is 0 Å². The minimum Gasteiger partial charge on any atom is -0.356 e. The van der Waals surface area contributed by atoms with E-state index < -0.39 is 0 Å². The number of carbonyl (C=O) groups is 1. The minimum atomic E-state index is 0.165. The van der Waals surface area contributed by atoms with E-state index in [1.54, 1.807) is 10.8 Å². The molecule has 0 heterocycles. The summed E-state index contributed by atoms with van der Waals surface area (Å²) in [5, 5.41) is 3.07. The lowest BCUT2D eigenvalue weighted by atomic mass is 9.76. The van der Waals surface area contributed by atoms with Crippen molar-refractivity contribution in [2.45, 2.75) is 60.8 Å². The summed E-state index contributed by atoms with van der Waals surface area (Å²) in [6.07, 6.45) is 2.94. The average molecular weight is 306 g/mol. The first-order valence-electron chi connectivity index (χ1n) is 7.17. The number of rotatable bonds is 9. The van der Waals surface area contributed by atoms with Gasteiger partial charge in [0.15, 0.2) is 0 Å². The molecule has 0 bridgehead atoms. The zero-order valence-corrected chi connectivity index (χ0v) is 15.1. The molecule has 0 radical (unpaired) electrons. The second-order valence-corrected chi connectivity index (χ2v) is 9.77. The number of nitrogens with one attached hydrogen (secondary N) is 1. The molecule has 2 nitrogen and oxygen atoms in total. The van der Waals surface area contributed by atoms with Gasteiger partial charge in [-0.05, 0) is 23.7 Å². The molecule has 0 aliphatic heterocycles. The zero-order valence-electron chi connectivity index (χ0n) is 13.5. The van der Waals surface area contributed by atoms with E-state index in [1.807, 2.05) is 10.8 Å². The first-order valence-corrected chi connectivity index (χ1v) is 9.66. The van der Waals surface area contributed by atoms with Crippen LogP contribution in [-0.4, -0.2) is 24.0 Å². The third-order valence-corrected chi connectivity index (χ3v) is 5.17. The largest absolute Gasteiger partial charge is 0.356 e. The molecule has 0 atom stereocenters. The molecule has 0 saturated carbocycles. The van der Waals surface area contributed by atoms with Crippen molar-refractivity contribution in [1.29, 1.82) is 0 Å². The third kappa shape index (κ3) is 12.9. The maximum Gasteiger partial charge on any atom is 0.220 e. The predicted octanol–water partition coefficient (Wildman–Crippen LogP) is 4.75. The fraction of sp³-hybridized carbons (Fsp3) is 0.933. The standard InChI is InChI=1S/C15H31NOS2/c1-7-9-18-19-10-8-13(17)16-12-15(5,6)11-14(2,3)4/h7-12H2,1-6H3,(H,16,17). The zero-order chi connectivity index (χ0) is 14.9. The van der Waals surface area contributed by atoms with Gasteiger partial charge >= 0.3 is 0 Å². The Kier molecular flexibility index (Phi) is 9.25. The molecule has 1 amide bonds. The van der Waals surface area contributed by atoms with Crippen LogP contribution in [0.1, 0.15) is 60.8 Å². The molecular formula is C15H31NOS2. The number of amides is 1. The Morgan fingerprint density at radius 3 is 2.16 bits per heavy atom. The van der Waals surface area contributed by atoms with Crippen LogP contribution < -0.4 is 5.32 Å². The van der Waals surface area contributed by atoms with Crippen molar-refractivity contribution in [1.82, 2.24) is 5.32 Å². The van der Waals surface area contributed by atoms with Crippen LogP contribution in [0.25, 0.3) is 0 Å². The number of hydrogen-bond acceptors (Lipinski definition) is 3. The van der Waals surface area contributed by atoms with Crippen molar-refractivity contribution in [3.8, 4) is 0 Å². The fourth-order valence-electron chi connectivity index (χ4n) is 2.26. The molecule has 0 unspecified atom stereocenters. The van der Waals surface area contributed by atoms with Gasteiger partial charge in [0.05, 0.1) is 0 Å². The van der Waals surface area contributed by atoms with E-state index in [9.17, 15) is 4.79 Å². The van der Waals surface area contributed by atoms with Crippen LogP contribution in [0, 0.1) is 10.8 Å². The number of hydrogen-bond donors (Lipinski definition) is 1. The average Bonchev–Trinajstić information content (AvgIpc) is 2.23. The monoisotopic (exact) mass is 305 g/mol. The quantitative estimate of drug-likeness (QED) is 0.492. The second kappa shape index (κ2) is 9.17. The van der Waals surface area contributed by atoms with Crippen molar-refractivity contribution < 1.29 is 4.79 Å². The number of carbonyl (C=O) groups excluding carboxylic acids is 1. The maximum atomic E-state index is 11.8. The molecule has 0 rings (SSSR count). The predicted molar refractivity (Wildman–Crippen MR) is 90.7 cm³/mol. The van der Waals surface area contributed by atoms with Gasteiger partial charge in [0.25, 0.3) is 0 Å². The molecule has 0 aliphatic carbocycles. The van der Waals surface area contributed by atoms with Gasteiger partial charge in [-0.25, -0.2) is 0 Å². The van der Waals surface area contributed by atoms with Crippen LogP contribution in [0.2, 0.25) is 0 Å². The molecule has 114 valence electrons. The smallest absolute Gasteiger partial charge is 0.220 e. The molecule has 1 N–H and O–H groups in total. The Labute approximate surface area is 127 Å².